The quantitative estimate of drug-likeness (QED) is 0.548. The highest BCUT2D eigenvalue weighted by atomic mass is 16.5. The number of fused-ring (bicyclic) bond motifs is 1. The molecular weight excluding hydrogens is 312 g/mol. The van der Waals surface area contributed by atoms with Gasteiger partial charge in [0, 0.05) is 49.7 Å². The zero-order valence-electron chi connectivity index (χ0n) is 13.5. The molecule has 6 nitrogen and oxygen atoms in total. The molecule has 0 radical (unpaired) electrons. The number of carbonyl (C=O) groups is 4. The lowest BCUT2D eigenvalue weighted by molar-refractivity contribution is -0.140. The molecule has 24 heavy (non-hydrogen) atoms. The highest BCUT2D eigenvalue weighted by molar-refractivity contribution is 5.72. The minimum Gasteiger partial charge on any atom is -0.430 e. The van der Waals surface area contributed by atoms with Crippen molar-refractivity contribution in [2.75, 3.05) is 0 Å². The van der Waals surface area contributed by atoms with Crippen LogP contribution in [0, 0.1) is 11.8 Å². The molecule has 2 atom stereocenters. The molecular formula is C18H18O6. The van der Waals surface area contributed by atoms with Crippen LogP contribution in [0.3, 0.4) is 0 Å². The molecule has 126 valence electrons. The van der Waals surface area contributed by atoms with Crippen molar-refractivity contribution in [3.63, 3.8) is 0 Å². The van der Waals surface area contributed by atoms with E-state index in [9.17, 15) is 19.2 Å². The number of allylic oxidation sites excluding steroid dienone is 6. The third-order valence-corrected chi connectivity index (χ3v) is 3.78. The molecule has 0 saturated carbocycles. The molecule has 0 fully saturated rings. The molecule has 0 spiro atoms. The van der Waals surface area contributed by atoms with Crippen LogP contribution in [0.25, 0.3) is 0 Å². The molecule has 0 aromatic rings. The standard InChI is InChI=1S/C18H18O6/c1-11(21)23-17-13-5-3-4-6-14(13)18(24-12(2)22)16(8-10-20)15(17)7-9-19/h3-6,9-10,13-14H,7-8H2,1-2H3. The van der Waals surface area contributed by atoms with Crippen LogP contribution in [-0.2, 0) is 28.7 Å². The Bertz CT molecular complexity index is 632. The van der Waals surface area contributed by atoms with Gasteiger partial charge in [-0.25, -0.2) is 0 Å². The zero-order valence-corrected chi connectivity index (χ0v) is 13.5. The van der Waals surface area contributed by atoms with Gasteiger partial charge in [0.25, 0.3) is 0 Å². The molecule has 0 amide bonds. The summed E-state index contributed by atoms with van der Waals surface area (Å²) in [5.74, 6) is -1.13. The number of esters is 2. The third-order valence-electron chi connectivity index (χ3n) is 3.78. The van der Waals surface area contributed by atoms with E-state index in [0.717, 1.165) is 0 Å². The van der Waals surface area contributed by atoms with E-state index in [4.69, 9.17) is 9.47 Å². The van der Waals surface area contributed by atoms with Gasteiger partial charge in [0.1, 0.15) is 24.1 Å². The van der Waals surface area contributed by atoms with E-state index in [0.29, 0.717) is 35.2 Å². The van der Waals surface area contributed by atoms with Crippen LogP contribution < -0.4 is 0 Å². The number of hydrogen-bond donors (Lipinski definition) is 0. The Morgan fingerprint density at radius 1 is 0.875 bits per heavy atom. The average Bonchev–Trinajstić information content (AvgIpc) is 2.53. The average molecular weight is 330 g/mol. The van der Waals surface area contributed by atoms with Crippen molar-refractivity contribution in [1.29, 1.82) is 0 Å². The fourth-order valence-corrected chi connectivity index (χ4v) is 2.99. The second-order valence-electron chi connectivity index (χ2n) is 5.44. The Balaban J connectivity index is 2.68. The van der Waals surface area contributed by atoms with Crippen LogP contribution in [0.2, 0.25) is 0 Å². The summed E-state index contributed by atoms with van der Waals surface area (Å²) in [4.78, 5) is 45.2. The molecule has 0 aliphatic heterocycles. The Morgan fingerprint density at radius 3 is 1.54 bits per heavy atom. The first-order valence-corrected chi connectivity index (χ1v) is 7.55. The molecule has 0 heterocycles. The minimum absolute atomic E-state index is 0.0443. The SMILES string of the molecule is CC(=O)OC1=C(CC=O)C(CC=O)=C(OC(C)=O)C2C=CC=CC12. The van der Waals surface area contributed by atoms with Crippen molar-refractivity contribution in [3.8, 4) is 0 Å². The minimum atomic E-state index is -0.517. The monoisotopic (exact) mass is 330 g/mol. The van der Waals surface area contributed by atoms with Gasteiger partial charge in [-0.1, -0.05) is 24.3 Å². The molecule has 2 aliphatic carbocycles. The Kier molecular flexibility index (Phi) is 5.63. The second kappa shape index (κ2) is 7.68. The maximum Gasteiger partial charge on any atom is 0.307 e. The van der Waals surface area contributed by atoms with E-state index in [-0.39, 0.29) is 24.7 Å². The van der Waals surface area contributed by atoms with Gasteiger partial charge in [-0.2, -0.15) is 0 Å². The predicted octanol–water partition coefficient (Wildman–Crippen LogP) is 2.17. The topological polar surface area (TPSA) is 86.7 Å². The first-order valence-electron chi connectivity index (χ1n) is 7.55. The summed E-state index contributed by atoms with van der Waals surface area (Å²) >= 11 is 0. The Hall–Kier alpha value is -2.76. The fraction of sp³-hybridized carbons (Fsp3) is 0.333. The predicted molar refractivity (Wildman–Crippen MR) is 84.2 cm³/mol. The van der Waals surface area contributed by atoms with E-state index in [1.165, 1.54) is 13.8 Å². The number of rotatable bonds is 6. The molecule has 0 N–H and O–H groups in total. The van der Waals surface area contributed by atoms with Crippen LogP contribution in [0.1, 0.15) is 26.7 Å². The number of hydrogen-bond acceptors (Lipinski definition) is 6. The van der Waals surface area contributed by atoms with E-state index in [1.54, 1.807) is 12.2 Å². The lowest BCUT2D eigenvalue weighted by Gasteiger charge is -2.34. The van der Waals surface area contributed by atoms with Crippen molar-refractivity contribution >= 4 is 24.5 Å². The highest BCUT2D eigenvalue weighted by Crippen LogP contribution is 2.44. The molecule has 0 bridgehead atoms. The second-order valence-corrected chi connectivity index (χ2v) is 5.44. The summed E-state index contributed by atoms with van der Waals surface area (Å²) in [6.07, 6.45) is 8.45. The summed E-state index contributed by atoms with van der Waals surface area (Å²) in [6, 6.07) is 0. The van der Waals surface area contributed by atoms with E-state index in [2.05, 4.69) is 0 Å². The van der Waals surface area contributed by atoms with Crippen LogP contribution in [-0.4, -0.2) is 24.5 Å². The van der Waals surface area contributed by atoms with Gasteiger partial charge in [-0.15, -0.1) is 0 Å². The highest BCUT2D eigenvalue weighted by Gasteiger charge is 2.39. The maximum atomic E-state index is 11.5. The number of aldehydes is 2. The number of ether oxygens (including phenoxy) is 2. The van der Waals surface area contributed by atoms with Crippen molar-refractivity contribution in [3.05, 3.63) is 47.0 Å². The first-order chi connectivity index (χ1) is 11.5. The van der Waals surface area contributed by atoms with E-state index >= 15 is 0 Å². The largest absolute Gasteiger partial charge is 0.430 e. The van der Waals surface area contributed by atoms with Crippen LogP contribution in [0.5, 0.6) is 0 Å². The Labute approximate surface area is 139 Å². The van der Waals surface area contributed by atoms with Crippen LogP contribution in [0.15, 0.2) is 47.0 Å². The maximum absolute atomic E-state index is 11.5. The van der Waals surface area contributed by atoms with Gasteiger partial charge in [0.2, 0.25) is 0 Å². The van der Waals surface area contributed by atoms with E-state index < -0.39 is 11.9 Å². The van der Waals surface area contributed by atoms with Crippen molar-refractivity contribution in [2.45, 2.75) is 26.7 Å². The molecule has 2 rings (SSSR count). The molecule has 2 unspecified atom stereocenters. The van der Waals surface area contributed by atoms with Crippen LogP contribution in [0.4, 0.5) is 0 Å². The molecule has 0 aromatic heterocycles. The Morgan fingerprint density at radius 2 is 1.25 bits per heavy atom. The number of carbonyl (C=O) groups excluding carboxylic acids is 4. The van der Waals surface area contributed by atoms with Gasteiger partial charge in [-0.05, 0) is 0 Å². The van der Waals surface area contributed by atoms with Gasteiger partial charge in [-0.3, -0.25) is 9.59 Å². The van der Waals surface area contributed by atoms with Gasteiger partial charge >= 0.3 is 11.9 Å². The fourth-order valence-electron chi connectivity index (χ4n) is 2.99. The van der Waals surface area contributed by atoms with Crippen molar-refractivity contribution in [2.24, 2.45) is 11.8 Å². The van der Waals surface area contributed by atoms with Crippen molar-refractivity contribution < 1.29 is 28.7 Å². The summed E-state index contributed by atoms with van der Waals surface area (Å²) in [5.41, 5.74) is 0.842. The van der Waals surface area contributed by atoms with Crippen LogP contribution >= 0.6 is 0 Å². The van der Waals surface area contributed by atoms with Crippen molar-refractivity contribution in [1.82, 2.24) is 0 Å². The van der Waals surface area contributed by atoms with E-state index in [1.807, 2.05) is 12.2 Å². The summed E-state index contributed by atoms with van der Waals surface area (Å²) < 4.78 is 10.7. The lowest BCUT2D eigenvalue weighted by Crippen LogP contribution is -2.29. The van der Waals surface area contributed by atoms with Gasteiger partial charge in [0.15, 0.2) is 0 Å². The smallest absolute Gasteiger partial charge is 0.307 e. The third kappa shape index (κ3) is 3.59. The molecule has 0 saturated heterocycles. The lowest BCUT2D eigenvalue weighted by atomic mass is 9.75. The summed E-state index contributed by atoms with van der Waals surface area (Å²) in [6.45, 7) is 2.54. The van der Waals surface area contributed by atoms with Gasteiger partial charge < -0.3 is 19.1 Å². The van der Waals surface area contributed by atoms with Gasteiger partial charge in [0.05, 0.1) is 0 Å². The zero-order chi connectivity index (χ0) is 17.7. The molecule has 0 aromatic carbocycles. The first kappa shape index (κ1) is 17.6. The normalized spacial score (nSPS) is 22.1. The molecule has 6 heteroatoms. The summed E-state index contributed by atoms with van der Waals surface area (Å²) in [5, 5.41) is 0. The molecule has 2 aliphatic rings. The summed E-state index contributed by atoms with van der Waals surface area (Å²) in [7, 11) is 0.